The zero-order chi connectivity index (χ0) is 29.7. The van der Waals surface area contributed by atoms with Crippen molar-refractivity contribution in [1.82, 2.24) is 9.13 Å². The number of fused-ring (bicyclic) bond motifs is 2. The molecule has 0 saturated carbocycles. The molecule has 9 heteroatoms. The number of aryl methyl sites for hydroxylation is 3. The number of rotatable bonds is 5. The number of carbonyl (C=O) groups excluding carboxylic acids is 1. The van der Waals surface area contributed by atoms with Crippen molar-refractivity contribution in [3.63, 3.8) is 0 Å². The van der Waals surface area contributed by atoms with Gasteiger partial charge in [-0.15, -0.1) is 11.3 Å². The summed E-state index contributed by atoms with van der Waals surface area (Å²) in [5.74, 6) is -0.464. The van der Waals surface area contributed by atoms with E-state index in [1.54, 1.807) is 29.8 Å². The van der Waals surface area contributed by atoms with Crippen molar-refractivity contribution in [2.75, 3.05) is 6.61 Å². The van der Waals surface area contributed by atoms with Crippen LogP contribution in [0.15, 0.2) is 51.4 Å². The Kier molecular flexibility index (Phi) is 7.37. The van der Waals surface area contributed by atoms with Crippen LogP contribution in [0.25, 0.3) is 11.1 Å². The first-order valence-corrected chi connectivity index (χ1v) is 15.9. The highest BCUT2D eigenvalue weighted by atomic mass is 32.1. The molecule has 4 heterocycles. The molecule has 0 bridgehead atoms. The largest absolute Gasteiger partial charge is 0.463 e. The van der Waals surface area contributed by atoms with E-state index in [1.807, 2.05) is 51.1 Å². The van der Waals surface area contributed by atoms with Gasteiger partial charge in [0.15, 0.2) is 4.80 Å². The molecular formula is C33H32N4O3S2. The summed E-state index contributed by atoms with van der Waals surface area (Å²) in [7, 11) is 0. The summed E-state index contributed by atoms with van der Waals surface area (Å²) in [5, 5.41) is 11.0. The third kappa shape index (κ3) is 4.59. The van der Waals surface area contributed by atoms with Crippen molar-refractivity contribution in [1.29, 1.82) is 5.26 Å². The van der Waals surface area contributed by atoms with Crippen molar-refractivity contribution >= 4 is 34.7 Å². The van der Waals surface area contributed by atoms with Crippen LogP contribution in [0.1, 0.15) is 76.8 Å². The van der Waals surface area contributed by atoms with E-state index >= 15 is 0 Å². The monoisotopic (exact) mass is 596 g/mol. The minimum Gasteiger partial charge on any atom is -0.463 e. The number of nitriles is 1. The second-order valence-electron chi connectivity index (χ2n) is 10.9. The van der Waals surface area contributed by atoms with Crippen LogP contribution < -0.4 is 14.9 Å². The van der Waals surface area contributed by atoms with Gasteiger partial charge in [-0.05, 0) is 89.1 Å². The number of allylic oxidation sites excluding steroid dienone is 1. The molecule has 0 saturated heterocycles. The molecule has 214 valence electrons. The number of benzene rings is 1. The number of thiophene rings is 1. The van der Waals surface area contributed by atoms with E-state index in [2.05, 4.69) is 16.7 Å². The maximum atomic E-state index is 14.1. The molecule has 6 rings (SSSR count). The average molecular weight is 597 g/mol. The minimum atomic E-state index is -0.633. The highest BCUT2D eigenvalue weighted by molar-refractivity contribution is 7.15. The second-order valence-corrected chi connectivity index (χ2v) is 13.0. The van der Waals surface area contributed by atoms with E-state index < -0.39 is 12.0 Å². The molecular weight excluding hydrogens is 565 g/mol. The molecule has 3 aromatic heterocycles. The fourth-order valence-corrected chi connectivity index (χ4v) is 8.56. The Balaban J connectivity index is 1.51. The SMILES string of the molecule is CCOC(=O)C1=C(C)N=c2s/c(=C/c3cc(C)n(-c4sc5c(c4C#N)CCCC5)c3C)c(=O)n2[C@H]1c1ccc(C)cc1. The molecule has 0 spiro atoms. The van der Waals surface area contributed by atoms with E-state index in [0.29, 0.717) is 20.6 Å². The van der Waals surface area contributed by atoms with Crippen LogP contribution in [0.2, 0.25) is 0 Å². The normalized spacial score (nSPS) is 16.6. The number of hydrogen-bond acceptors (Lipinski definition) is 7. The molecule has 0 unspecified atom stereocenters. The Morgan fingerprint density at radius 2 is 1.88 bits per heavy atom. The first-order valence-electron chi connectivity index (χ1n) is 14.2. The van der Waals surface area contributed by atoms with Crippen LogP contribution in [-0.4, -0.2) is 21.7 Å². The van der Waals surface area contributed by atoms with Crippen molar-refractivity contribution in [2.45, 2.75) is 66.3 Å². The Morgan fingerprint density at radius 3 is 2.60 bits per heavy atom. The van der Waals surface area contributed by atoms with Gasteiger partial charge in [0.05, 0.1) is 34.0 Å². The molecule has 0 N–H and O–H groups in total. The van der Waals surface area contributed by atoms with Gasteiger partial charge < -0.3 is 9.30 Å². The second kappa shape index (κ2) is 11.0. The van der Waals surface area contributed by atoms with E-state index in [9.17, 15) is 14.9 Å². The Morgan fingerprint density at radius 1 is 1.14 bits per heavy atom. The maximum Gasteiger partial charge on any atom is 0.338 e. The van der Waals surface area contributed by atoms with Crippen molar-refractivity contribution in [3.8, 4) is 11.1 Å². The summed E-state index contributed by atoms with van der Waals surface area (Å²) in [6.07, 6.45) is 6.18. The van der Waals surface area contributed by atoms with Crippen molar-refractivity contribution < 1.29 is 9.53 Å². The first kappa shape index (κ1) is 28.1. The van der Waals surface area contributed by atoms with E-state index in [-0.39, 0.29) is 12.2 Å². The lowest BCUT2D eigenvalue weighted by Gasteiger charge is -2.24. The van der Waals surface area contributed by atoms with Gasteiger partial charge in [0.25, 0.3) is 5.56 Å². The van der Waals surface area contributed by atoms with Gasteiger partial charge in [0.1, 0.15) is 11.1 Å². The smallest absolute Gasteiger partial charge is 0.338 e. The molecule has 4 aromatic rings. The number of nitrogens with zero attached hydrogens (tertiary/aromatic N) is 4. The first-order chi connectivity index (χ1) is 20.2. The van der Waals surface area contributed by atoms with E-state index in [1.165, 1.54) is 21.8 Å². The summed E-state index contributed by atoms with van der Waals surface area (Å²) in [6.45, 7) is 9.88. The summed E-state index contributed by atoms with van der Waals surface area (Å²) in [5.41, 5.74) is 7.54. The molecule has 0 fully saturated rings. The molecule has 42 heavy (non-hydrogen) atoms. The van der Waals surface area contributed by atoms with Crippen LogP contribution in [0, 0.1) is 32.1 Å². The van der Waals surface area contributed by atoms with Crippen LogP contribution in [0.3, 0.4) is 0 Å². The minimum absolute atomic E-state index is 0.201. The van der Waals surface area contributed by atoms with Crippen LogP contribution in [0.4, 0.5) is 0 Å². The third-order valence-corrected chi connectivity index (χ3v) is 10.4. The van der Waals surface area contributed by atoms with Crippen molar-refractivity contribution in [3.05, 3.63) is 105 Å². The molecule has 1 aromatic carbocycles. The zero-order valence-corrected chi connectivity index (χ0v) is 26.0. The van der Waals surface area contributed by atoms with Gasteiger partial charge in [-0.1, -0.05) is 41.2 Å². The Labute approximate surface area is 252 Å². The standard InChI is InChI=1S/C33H32N4O3S2/c1-6-40-32(39)28-20(4)35-33-37(29(28)22-13-11-18(2)12-14-22)30(38)27(42-33)16-23-15-19(3)36(21(23)5)31-25(17-34)24-9-7-8-10-26(24)41-31/h11-16,29H,6-10H2,1-5H3/b27-16+/t29-/m0/s1. The number of esters is 1. The number of ether oxygens (including phenoxy) is 1. The summed E-state index contributed by atoms with van der Waals surface area (Å²) < 4.78 is 9.72. The quantitative estimate of drug-likeness (QED) is 0.292. The molecule has 1 aliphatic heterocycles. The maximum absolute atomic E-state index is 14.1. The summed E-state index contributed by atoms with van der Waals surface area (Å²) in [6, 6.07) is 11.8. The number of aromatic nitrogens is 2. The predicted molar refractivity (Wildman–Crippen MR) is 166 cm³/mol. The summed E-state index contributed by atoms with van der Waals surface area (Å²) >= 11 is 3.04. The van der Waals surface area contributed by atoms with Crippen molar-refractivity contribution in [2.24, 2.45) is 4.99 Å². The highest BCUT2D eigenvalue weighted by Crippen LogP contribution is 2.38. The van der Waals surface area contributed by atoms with Crippen LogP contribution in [-0.2, 0) is 22.4 Å². The average Bonchev–Trinajstić information content (AvgIpc) is 3.58. The fourth-order valence-electron chi connectivity index (χ4n) is 6.07. The predicted octanol–water partition coefficient (Wildman–Crippen LogP) is 5.33. The lowest BCUT2D eigenvalue weighted by molar-refractivity contribution is -0.139. The third-order valence-electron chi connectivity index (χ3n) is 8.13. The van der Waals surface area contributed by atoms with Gasteiger partial charge in [-0.3, -0.25) is 9.36 Å². The molecule has 1 atom stereocenters. The molecule has 7 nitrogen and oxygen atoms in total. The zero-order valence-electron chi connectivity index (χ0n) is 24.4. The highest BCUT2D eigenvalue weighted by Gasteiger charge is 2.33. The van der Waals surface area contributed by atoms with Gasteiger partial charge >= 0.3 is 5.97 Å². The van der Waals surface area contributed by atoms with E-state index in [0.717, 1.165) is 64.3 Å². The summed E-state index contributed by atoms with van der Waals surface area (Å²) in [4.78, 5) is 33.8. The molecule has 2 aliphatic rings. The van der Waals surface area contributed by atoms with Crippen LogP contribution >= 0.6 is 22.7 Å². The number of thiazole rings is 1. The lowest BCUT2D eigenvalue weighted by atomic mass is 9.95. The lowest BCUT2D eigenvalue weighted by Crippen LogP contribution is -2.39. The Bertz CT molecular complexity index is 1990. The molecule has 1 aliphatic carbocycles. The molecule has 0 radical (unpaired) electrons. The molecule has 0 amide bonds. The fraction of sp³-hybridized carbons (Fsp3) is 0.333. The number of carbonyl (C=O) groups is 1. The van der Waals surface area contributed by atoms with Gasteiger partial charge in [-0.25, -0.2) is 9.79 Å². The Hall–Kier alpha value is -4.00. The topological polar surface area (TPSA) is 89.4 Å². The van der Waals surface area contributed by atoms with Crippen LogP contribution in [0.5, 0.6) is 0 Å². The van der Waals surface area contributed by atoms with Gasteiger partial charge in [0, 0.05) is 16.3 Å². The van der Waals surface area contributed by atoms with E-state index in [4.69, 9.17) is 9.73 Å². The number of hydrogen-bond donors (Lipinski definition) is 0. The van der Waals surface area contributed by atoms with Gasteiger partial charge in [-0.2, -0.15) is 5.26 Å². The van der Waals surface area contributed by atoms with Gasteiger partial charge in [0.2, 0.25) is 0 Å².